The lowest BCUT2D eigenvalue weighted by Crippen LogP contribution is -2.15. The normalized spacial score (nSPS) is 10.9. The summed E-state index contributed by atoms with van der Waals surface area (Å²) >= 11 is 0. The van der Waals surface area contributed by atoms with Crippen LogP contribution in [0.5, 0.6) is 0 Å². The Balaban J connectivity index is 2.09. The Morgan fingerprint density at radius 3 is 1.92 bits per heavy atom. The number of aliphatic imine (C=N–C) groups is 1. The minimum Gasteiger partial charge on any atom is -0.383 e. The van der Waals surface area contributed by atoms with Gasteiger partial charge in [-0.1, -0.05) is 79.4 Å². The van der Waals surface area contributed by atoms with Crippen molar-refractivity contribution in [2.75, 3.05) is 0 Å². The van der Waals surface area contributed by atoms with Gasteiger partial charge in [-0.15, -0.1) is 5.73 Å². The molecule has 0 radical (unpaired) electrons. The molecule has 2 heteroatoms. The smallest absolute Gasteiger partial charge is 0.131 e. The molecule has 0 spiro atoms. The molecule has 0 aliphatic carbocycles. The van der Waals surface area contributed by atoms with Crippen LogP contribution in [0.1, 0.15) is 16.7 Å². The van der Waals surface area contributed by atoms with Crippen LogP contribution in [0.3, 0.4) is 0 Å². The van der Waals surface area contributed by atoms with Crippen LogP contribution in [0.4, 0.5) is 5.69 Å². The van der Waals surface area contributed by atoms with E-state index in [4.69, 9.17) is 5.73 Å². The SMILES string of the molecule is C=C=C(c1ccccc1)c1ccccc1/C(N)=N\c1ccccc1. The topological polar surface area (TPSA) is 38.4 Å². The minimum atomic E-state index is 0.473. The van der Waals surface area contributed by atoms with Gasteiger partial charge in [-0.3, -0.25) is 0 Å². The van der Waals surface area contributed by atoms with Crippen LogP contribution in [0, 0.1) is 0 Å². The van der Waals surface area contributed by atoms with Gasteiger partial charge in [-0.25, -0.2) is 4.99 Å². The van der Waals surface area contributed by atoms with E-state index in [1.165, 1.54) is 0 Å². The monoisotopic (exact) mass is 310 g/mol. The van der Waals surface area contributed by atoms with Gasteiger partial charge in [0.2, 0.25) is 0 Å². The Morgan fingerprint density at radius 1 is 0.750 bits per heavy atom. The molecule has 0 atom stereocenters. The molecule has 3 rings (SSSR count). The average Bonchev–Trinajstić information content (AvgIpc) is 2.64. The number of hydrogen-bond acceptors (Lipinski definition) is 1. The van der Waals surface area contributed by atoms with Gasteiger partial charge in [0.15, 0.2) is 0 Å². The first-order valence-electron chi connectivity index (χ1n) is 7.74. The standard InChI is InChI=1S/C22H18N2/c1-2-19(17-11-5-3-6-12-17)20-15-9-10-16-21(20)22(23)24-18-13-7-4-8-14-18/h3-16H,1H2,(H2,23,24). The maximum atomic E-state index is 6.29. The lowest BCUT2D eigenvalue weighted by atomic mass is 9.94. The molecular formula is C22H18N2. The second-order valence-electron chi connectivity index (χ2n) is 5.30. The van der Waals surface area contributed by atoms with Gasteiger partial charge in [-0.05, 0) is 17.7 Å². The number of rotatable bonds is 4. The quantitative estimate of drug-likeness (QED) is 0.414. The van der Waals surface area contributed by atoms with Crippen molar-refractivity contribution < 1.29 is 0 Å². The van der Waals surface area contributed by atoms with E-state index in [2.05, 4.69) is 17.3 Å². The second kappa shape index (κ2) is 7.28. The van der Waals surface area contributed by atoms with Gasteiger partial charge in [0, 0.05) is 16.7 Å². The van der Waals surface area contributed by atoms with E-state index in [1.807, 2.05) is 84.9 Å². The third-order valence-corrected chi connectivity index (χ3v) is 3.72. The zero-order chi connectivity index (χ0) is 16.8. The van der Waals surface area contributed by atoms with Crippen LogP contribution < -0.4 is 5.73 Å². The number of amidine groups is 1. The van der Waals surface area contributed by atoms with Gasteiger partial charge in [0.05, 0.1) is 5.69 Å². The van der Waals surface area contributed by atoms with Crippen molar-refractivity contribution >= 4 is 17.1 Å². The summed E-state index contributed by atoms with van der Waals surface area (Å²) in [4.78, 5) is 4.53. The van der Waals surface area contributed by atoms with Gasteiger partial charge < -0.3 is 5.73 Å². The molecule has 0 saturated heterocycles. The van der Waals surface area contributed by atoms with Crippen LogP contribution in [0.25, 0.3) is 5.57 Å². The van der Waals surface area contributed by atoms with E-state index < -0.39 is 0 Å². The molecule has 116 valence electrons. The Morgan fingerprint density at radius 2 is 1.29 bits per heavy atom. The summed E-state index contributed by atoms with van der Waals surface area (Å²) in [6, 6.07) is 27.7. The first-order chi connectivity index (χ1) is 11.8. The molecule has 0 bridgehead atoms. The summed E-state index contributed by atoms with van der Waals surface area (Å²) in [7, 11) is 0. The summed E-state index contributed by atoms with van der Waals surface area (Å²) in [5.41, 5.74) is 14.0. The zero-order valence-corrected chi connectivity index (χ0v) is 13.3. The summed E-state index contributed by atoms with van der Waals surface area (Å²) in [5, 5.41) is 0. The predicted octanol–water partition coefficient (Wildman–Crippen LogP) is 4.94. The van der Waals surface area contributed by atoms with Crippen LogP contribution in [0.15, 0.2) is 102 Å². The summed E-state index contributed by atoms with van der Waals surface area (Å²) in [5.74, 6) is 0.473. The molecule has 0 unspecified atom stereocenters. The second-order valence-corrected chi connectivity index (χ2v) is 5.30. The number of hydrogen-bond donors (Lipinski definition) is 1. The van der Waals surface area contributed by atoms with E-state index in [0.717, 1.165) is 28.0 Å². The zero-order valence-electron chi connectivity index (χ0n) is 13.3. The Bertz CT molecular complexity index is 903. The lowest BCUT2D eigenvalue weighted by molar-refractivity contribution is 1.43. The highest BCUT2D eigenvalue weighted by atomic mass is 14.9. The predicted molar refractivity (Wildman–Crippen MR) is 101 cm³/mol. The molecule has 3 aromatic carbocycles. The van der Waals surface area contributed by atoms with Crippen LogP contribution in [-0.2, 0) is 0 Å². The highest BCUT2D eigenvalue weighted by Crippen LogP contribution is 2.26. The number of benzene rings is 3. The van der Waals surface area contributed by atoms with Crippen molar-refractivity contribution in [1.82, 2.24) is 0 Å². The molecule has 0 amide bonds. The van der Waals surface area contributed by atoms with Crippen molar-refractivity contribution in [1.29, 1.82) is 0 Å². The van der Waals surface area contributed by atoms with Crippen molar-refractivity contribution in [3.63, 3.8) is 0 Å². The third-order valence-electron chi connectivity index (χ3n) is 3.72. The van der Waals surface area contributed by atoms with Crippen LogP contribution in [-0.4, -0.2) is 5.84 Å². The van der Waals surface area contributed by atoms with Crippen molar-refractivity contribution in [3.05, 3.63) is 114 Å². The molecule has 0 heterocycles. The summed E-state index contributed by atoms with van der Waals surface area (Å²) in [6.45, 7) is 3.86. The molecule has 0 saturated carbocycles. The van der Waals surface area contributed by atoms with Gasteiger partial charge >= 0.3 is 0 Å². The minimum absolute atomic E-state index is 0.473. The lowest BCUT2D eigenvalue weighted by Gasteiger charge is -2.11. The van der Waals surface area contributed by atoms with Crippen LogP contribution in [0.2, 0.25) is 0 Å². The summed E-state index contributed by atoms with van der Waals surface area (Å²) < 4.78 is 0. The first kappa shape index (κ1) is 15.5. The van der Waals surface area contributed by atoms with Gasteiger partial charge in [0.25, 0.3) is 0 Å². The van der Waals surface area contributed by atoms with E-state index in [1.54, 1.807) is 0 Å². The number of nitrogens with zero attached hydrogens (tertiary/aromatic N) is 1. The van der Waals surface area contributed by atoms with E-state index in [-0.39, 0.29) is 0 Å². The molecule has 2 nitrogen and oxygen atoms in total. The molecule has 3 aromatic rings. The van der Waals surface area contributed by atoms with Crippen LogP contribution >= 0.6 is 0 Å². The summed E-state index contributed by atoms with van der Waals surface area (Å²) in [6.07, 6.45) is 0. The van der Waals surface area contributed by atoms with Crippen molar-refractivity contribution in [2.45, 2.75) is 0 Å². The highest BCUT2D eigenvalue weighted by Gasteiger charge is 2.11. The molecule has 0 aromatic heterocycles. The largest absolute Gasteiger partial charge is 0.383 e. The van der Waals surface area contributed by atoms with Gasteiger partial charge in [0.1, 0.15) is 5.84 Å². The Hall–Kier alpha value is -3.35. The molecule has 0 fully saturated rings. The third kappa shape index (κ3) is 3.35. The average molecular weight is 310 g/mol. The highest BCUT2D eigenvalue weighted by molar-refractivity contribution is 6.04. The van der Waals surface area contributed by atoms with E-state index in [0.29, 0.717) is 5.84 Å². The maximum Gasteiger partial charge on any atom is 0.131 e. The Kier molecular flexibility index (Phi) is 4.71. The molecule has 2 N–H and O–H groups in total. The van der Waals surface area contributed by atoms with E-state index in [9.17, 15) is 0 Å². The Labute approximate surface area is 142 Å². The number of para-hydroxylation sites is 1. The first-order valence-corrected chi connectivity index (χ1v) is 7.74. The fourth-order valence-corrected chi connectivity index (χ4v) is 2.58. The fourth-order valence-electron chi connectivity index (χ4n) is 2.58. The van der Waals surface area contributed by atoms with Crippen molar-refractivity contribution in [2.24, 2.45) is 10.7 Å². The molecular weight excluding hydrogens is 292 g/mol. The molecule has 0 aliphatic heterocycles. The maximum absolute atomic E-state index is 6.29. The molecule has 0 aliphatic rings. The van der Waals surface area contributed by atoms with Gasteiger partial charge in [-0.2, -0.15) is 0 Å². The number of nitrogens with two attached hydrogens (primary N) is 1. The molecule has 24 heavy (non-hydrogen) atoms. The van der Waals surface area contributed by atoms with E-state index >= 15 is 0 Å². The fraction of sp³-hybridized carbons (Fsp3) is 0. The van der Waals surface area contributed by atoms with Crippen molar-refractivity contribution in [3.8, 4) is 0 Å².